The minimum absolute atomic E-state index is 0.768. The van der Waals surface area contributed by atoms with Crippen molar-refractivity contribution < 1.29 is 14.2 Å². The Morgan fingerprint density at radius 3 is 2.21 bits per heavy atom. The van der Waals surface area contributed by atoms with Gasteiger partial charge in [0.05, 0.1) is 26.8 Å². The summed E-state index contributed by atoms with van der Waals surface area (Å²) < 4.78 is 16.0. The van der Waals surface area contributed by atoms with Crippen LogP contribution in [0.25, 0.3) is 21.8 Å². The molecule has 3 aromatic rings. The minimum Gasteiger partial charge on any atom is -0.497 e. The van der Waals surface area contributed by atoms with Crippen LogP contribution in [0.2, 0.25) is 0 Å². The van der Waals surface area contributed by atoms with Crippen molar-refractivity contribution in [2.75, 3.05) is 21.3 Å². The molecule has 0 saturated heterocycles. The van der Waals surface area contributed by atoms with Crippen LogP contribution in [-0.4, -0.2) is 26.3 Å². The van der Waals surface area contributed by atoms with Crippen LogP contribution in [0.1, 0.15) is 0 Å². The van der Waals surface area contributed by atoms with Gasteiger partial charge >= 0.3 is 0 Å². The number of methoxy groups -OCH3 is 3. The first-order valence-electron chi connectivity index (χ1n) is 5.98. The number of nitrogens with one attached hydrogen (secondary N) is 1. The van der Waals surface area contributed by atoms with Gasteiger partial charge < -0.3 is 19.2 Å². The Bertz CT molecular complexity index is 746. The molecule has 0 saturated carbocycles. The lowest BCUT2D eigenvalue weighted by atomic mass is 10.1. The van der Waals surface area contributed by atoms with Crippen molar-refractivity contribution in [3.63, 3.8) is 0 Å². The Morgan fingerprint density at radius 1 is 0.789 bits per heavy atom. The monoisotopic (exact) mass is 257 g/mol. The lowest BCUT2D eigenvalue weighted by Crippen LogP contribution is -1.87. The van der Waals surface area contributed by atoms with Gasteiger partial charge in [-0.2, -0.15) is 0 Å². The molecule has 0 aliphatic rings. The van der Waals surface area contributed by atoms with Crippen LogP contribution in [0, 0.1) is 0 Å². The number of H-pyrrole nitrogens is 1. The fourth-order valence-corrected chi connectivity index (χ4v) is 2.33. The fourth-order valence-electron chi connectivity index (χ4n) is 2.33. The number of fused-ring (bicyclic) bond motifs is 3. The third kappa shape index (κ3) is 1.76. The first kappa shape index (κ1) is 11.7. The van der Waals surface area contributed by atoms with E-state index >= 15 is 0 Å². The summed E-state index contributed by atoms with van der Waals surface area (Å²) in [6.45, 7) is 0. The molecule has 0 aliphatic carbocycles. The average molecular weight is 257 g/mol. The molecule has 0 fully saturated rings. The molecule has 0 unspecified atom stereocenters. The zero-order chi connectivity index (χ0) is 13.4. The van der Waals surface area contributed by atoms with E-state index in [0.717, 1.165) is 39.1 Å². The highest BCUT2D eigenvalue weighted by atomic mass is 16.5. The maximum atomic E-state index is 5.41. The summed E-state index contributed by atoms with van der Waals surface area (Å²) in [6, 6.07) is 9.81. The molecule has 1 aromatic heterocycles. The molecule has 0 radical (unpaired) electrons. The molecular formula is C15H15NO3. The van der Waals surface area contributed by atoms with E-state index < -0.39 is 0 Å². The number of hydrogen-bond acceptors (Lipinski definition) is 3. The van der Waals surface area contributed by atoms with Gasteiger partial charge in [0.1, 0.15) is 17.2 Å². The molecule has 4 nitrogen and oxygen atoms in total. The van der Waals surface area contributed by atoms with Crippen molar-refractivity contribution in [3.05, 3.63) is 30.3 Å². The summed E-state index contributed by atoms with van der Waals surface area (Å²) in [7, 11) is 4.97. The van der Waals surface area contributed by atoms with E-state index in [1.165, 1.54) is 0 Å². The molecule has 19 heavy (non-hydrogen) atoms. The van der Waals surface area contributed by atoms with Crippen LogP contribution in [0.3, 0.4) is 0 Å². The lowest BCUT2D eigenvalue weighted by Gasteiger charge is -2.05. The van der Waals surface area contributed by atoms with Gasteiger partial charge in [-0.05, 0) is 24.3 Å². The number of aromatic amines is 1. The van der Waals surface area contributed by atoms with Crippen molar-refractivity contribution in [2.45, 2.75) is 0 Å². The van der Waals surface area contributed by atoms with Crippen LogP contribution in [0.5, 0.6) is 17.2 Å². The Labute approximate surface area is 110 Å². The molecule has 4 heteroatoms. The second-order valence-corrected chi connectivity index (χ2v) is 4.29. The molecular weight excluding hydrogens is 242 g/mol. The molecule has 98 valence electrons. The van der Waals surface area contributed by atoms with Gasteiger partial charge in [-0.1, -0.05) is 0 Å². The van der Waals surface area contributed by atoms with Crippen molar-refractivity contribution in [1.82, 2.24) is 4.98 Å². The third-order valence-corrected chi connectivity index (χ3v) is 3.31. The zero-order valence-corrected chi connectivity index (χ0v) is 11.1. The van der Waals surface area contributed by atoms with E-state index in [4.69, 9.17) is 14.2 Å². The Hall–Kier alpha value is -2.36. The molecule has 0 bridgehead atoms. The maximum Gasteiger partial charge on any atom is 0.146 e. The molecule has 0 atom stereocenters. The second-order valence-electron chi connectivity index (χ2n) is 4.29. The molecule has 1 N–H and O–H groups in total. The smallest absolute Gasteiger partial charge is 0.146 e. The van der Waals surface area contributed by atoms with Gasteiger partial charge in [0.15, 0.2) is 0 Å². The van der Waals surface area contributed by atoms with Crippen molar-refractivity contribution in [2.24, 2.45) is 0 Å². The minimum atomic E-state index is 0.768. The Morgan fingerprint density at radius 2 is 1.53 bits per heavy atom. The number of ether oxygens (including phenoxy) is 3. The topological polar surface area (TPSA) is 43.5 Å². The zero-order valence-electron chi connectivity index (χ0n) is 11.1. The standard InChI is InChI=1S/C15H15NO3/c1-17-9-4-5-13-11(6-9)12-7-10(18-2)8-14(19-3)15(12)16-13/h4-8,16H,1-3H3. The Balaban J connectivity index is 2.41. The average Bonchev–Trinajstić information content (AvgIpc) is 2.83. The first-order chi connectivity index (χ1) is 9.26. The number of rotatable bonds is 3. The van der Waals surface area contributed by atoms with E-state index in [1.807, 2.05) is 30.3 Å². The van der Waals surface area contributed by atoms with Crippen molar-refractivity contribution in [1.29, 1.82) is 0 Å². The van der Waals surface area contributed by atoms with Gasteiger partial charge in [0.25, 0.3) is 0 Å². The predicted octanol–water partition coefficient (Wildman–Crippen LogP) is 3.35. The highest BCUT2D eigenvalue weighted by Gasteiger charge is 2.11. The van der Waals surface area contributed by atoms with Gasteiger partial charge in [0.2, 0.25) is 0 Å². The van der Waals surface area contributed by atoms with Gasteiger partial charge in [-0.25, -0.2) is 0 Å². The van der Waals surface area contributed by atoms with E-state index in [-0.39, 0.29) is 0 Å². The largest absolute Gasteiger partial charge is 0.497 e. The molecule has 0 spiro atoms. The van der Waals surface area contributed by atoms with Crippen molar-refractivity contribution >= 4 is 21.8 Å². The third-order valence-electron chi connectivity index (χ3n) is 3.31. The molecule has 0 aliphatic heterocycles. The summed E-state index contributed by atoms with van der Waals surface area (Å²) in [5.74, 6) is 2.37. The van der Waals surface area contributed by atoms with Crippen LogP contribution >= 0.6 is 0 Å². The number of benzene rings is 2. The summed E-state index contributed by atoms with van der Waals surface area (Å²) in [6.07, 6.45) is 0. The normalized spacial score (nSPS) is 10.9. The van der Waals surface area contributed by atoms with Crippen LogP contribution in [-0.2, 0) is 0 Å². The highest BCUT2D eigenvalue weighted by molar-refractivity contribution is 6.10. The van der Waals surface area contributed by atoms with Gasteiger partial charge in [-0.15, -0.1) is 0 Å². The number of aromatic nitrogens is 1. The lowest BCUT2D eigenvalue weighted by molar-refractivity contribution is 0.397. The fraction of sp³-hybridized carbons (Fsp3) is 0.200. The van der Waals surface area contributed by atoms with Crippen LogP contribution < -0.4 is 14.2 Å². The quantitative estimate of drug-likeness (QED) is 0.782. The summed E-state index contributed by atoms with van der Waals surface area (Å²) in [4.78, 5) is 3.36. The SMILES string of the molecule is COc1ccc2[nH]c3c(OC)cc(OC)cc3c2c1. The van der Waals surface area contributed by atoms with E-state index in [1.54, 1.807) is 21.3 Å². The Kier molecular flexibility index (Phi) is 2.71. The molecule has 3 rings (SSSR count). The van der Waals surface area contributed by atoms with Crippen molar-refractivity contribution in [3.8, 4) is 17.2 Å². The van der Waals surface area contributed by atoms with Crippen LogP contribution in [0.15, 0.2) is 30.3 Å². The van der Waals surface area contributed by atoms with E-state index in [0.29, 0.717) is 0 Å². The summed E-state index contributed by atoms with van der Waals surface area (Å²) >= 11 is 0. The number of hydrogen-bond donors (Lipinski definition) is 1. The molecule has 0 amide bonds. The maximum absolute atomic E-state index is 5.41. The second kappa shape index (κ2) is 4.39. The van der Waals surface area contributed by atoms with E-state index in [2.05, 4.69) is 4.98 Å². The predicted molar refractivity (Wildman–Crippen MR) is 75.5 cm³/mol. The van der Waals surface area contributed by atoms with Gasteiger partial charge in [-0.3, -0.25) is 0 Å². The molecule has 2 aromatic carbocycles. The highest BCUT2D eigenvalue weighted by Crippen LogP contribution is 2.36. The van der Waals surface area contributed by atoms with Gasteiger partial charge in [0, 0.05) is 22.4 Å². The molecule has 1 heterocycles. The first-order valence-corrected chi connectivity index (χ1v) is 5.98. The summed E-state index contributed by atoms with van der Waals surface area (Å²) in [5, 5.41) is 2.15. The summed E-state index contributed by atoms with van der Waals surface area (Å²) in [5.41, 5.74) is 2.01. The van der Waals surface area contributed by atoms with E-state index in [9.17, 15) is 0 Å². The van der Waals surface area contributed by atoms with Crippen LogP contribution in [0.4, 0.5) is 0 Å².